The largest absolute Gasteiger partial charge is 0.346 e. The normalized spacial score (nSPS) is 12.3. The minimum atomic E-state index is -3.86. The molecular weight excluding hydrogens is 420 g/mol. The zero-order valence-electron chi connectivity index (χ0n) is 19.2. The van der Waals surface area contributed by atoms with E-state index in [1.54, 1.807) is 25.1 Å². The number of hydrogen-bond donors (Lipinski definition) is 2. The second-order valence-corrected chi connectivity index (χ2v) is 9.85. The van der Waals surface area contributed by atoms with Gasteiger partial charge in [0.1, 0.15) is 0 Å². The summed E-state index contributed by atoms with van der Waals surface area (Å²) < 4.78 is 28.9. The summed E-state index contributed by atoms with van der Waals surface area (Å²) in [5.41, 5.74) is 5.41. The van der Waals surface area contributed by atoms with Gasteiger partial charge in [0, 0.05) is 5.56 Å². The van der Waals surface area contributed by atoms with E-state index in [4.69, 9.17) is 0 Å². The lowest BCUT2D eigenvalue weighted by molar-refractivity contribution is 0.0939. The lowest BCUT2D eigenvalue weighted by atomic mass is 10.0. The van der Waals surface area contributed by atoms with Crippen molar-refractivity contribution in [3.8, 4) is 0 Å². The van der Waals surface area contributed by atoms with Gasteiger partial charge in [-0.15, -0.1) is 0 Å². The topological polar surface area (TPSA) is 75.3 Å². The zero-order chi connectivity index (χ0) is 23.5. The molecule has 3 aromatic carbocycles. The van der Waals surface area contributed by atoms with Crippen molar-refractivity contribution in [3.63, 3.8) is 0 Å². The van der Waals surface area contributed by atoms with Crippen LogP contribution in [0.25, 0.3) is 0 Å². The highest BCUT2D eigenvalue weighted by Crippen LogP contribution is 2.24. The predicted octanol–water partition coefficient (Wildman–Crippen LogP) is 5.47. The van der Waals surface area contributed by atoms with Gasteiger partial charge in [0.2, 0.25) is 0 Å². The van der Waals surface area contributed by atoms with Crippen LogP contribution in [0.4, 0.5) is 5.69 Å². The van der Waals surface area contributed by atoms with Crippen molar-refractivity contribution < 1.29 is 13.2 Å². The number of hydrogen-bond acceptors (Lipinski definition) is 3. The molecule has 0 radical (unpaired) electrons. The quantitative estimate of drug-likeness (QED) is 0.501. The van der Waals surface area contributed by atoms with Gasteiger partial charge in [-0.2, -0.15) is 0 Å². The zero-order valence-corrected chi connectivity index (χ0v) is 20.0. The summed E-state index contributed by atoms with van der Waals surface area (Å²) >= 11 is 0. The van der Waals surface area contributed by atoms with Crippen LogP contribution in [0.3, 0.4) is 0 Å². The van der Waals surface area contributed by atoms with Crippen LogP contribution < -0.4 is 10.0 Å². The molecule has 2 N–H and O–H groups in total. The van der Waals surface area contributed by atoms with Crippen LogP contribution in [0, 0.1) is 20.8 Å². The fraction of sp³-hybridized carbons (Fsp3) is 0.269. The highest BCUT2D eigenvalue weighted by atomic mass is 32.2. The Bertz CT molecular complexity index is 1230. The molecule has 5 nitrogen and oxygen atoms in total. The number of anilines is 1. The van der Waals surface area contributed by atoms with Crippen LogP contribution in [0.15, 0.2) is 65.6 Å². The number of rotatable bonds is 7. The molecule has 0 saturated carbocycles. The van der Waals surface area contributed by atoms with Crippen molar-refractivity contribution in [1.82, 2.24) is 5.32 Å². The first-order chi connectivity index (χ1) is 15.1. The van der Waals surface area contributed by atoms with E-state index in [1.165, 1.54) is 11.6 Å². The van der Waals surface area contributed by atoms with Crippen molar-refractivity contribution in [2.75, 3.05) is 4.72 Å². The van der Waals surface area contributed by atoms with Crippen molar-refractivity contribution in [2.45, 2.75) is 52.0 Å². The minimum Gasteiger partial charge on any atom is -0.346 e. The first-order valence-corrected chi connectivity index (χ1v) is 12.2. The lowest BCUT2D eigenvalue weighted by Gasteiger charge is -2.17. The molecule has 3 rings (SSSR count). The van der Waals surface area contributed by atoms with Crippen LogP contribution in [0.5, 0.6) is 0 Å². The molecule has 0 aromatic heterocycles. The van der Waals surface area contributed by atoms with Gasteiger partial charge in [0.15, 0.2) is 0 Å². The summed E-state index contributed by atoms with van der Waals surface area (Å²) in [7, 11) is -3.86. The first-order valence-electron chi connectivity index (χ1n) is 10.7. The smallest absolute Gasteiger partial charge is 0.262 e. The maximum Gasteiger partial charge on any atom is 0.262 e. The van der Waals surface area contributed by atoms with Crippen LogP contribution in [-0.4, -0.2) is 14.3 Å². The Morgan fingerprint density at radius 2 is 1.56 bits per heavy atom. The highest BCUT2D eigenvalue weighted by molar-refractivity contribution is 7.92. The number of aryl methyl sites for hydroxylation is 4. The Labute approximate surface area is 190 Å². The lowest BCUT2D eigenvalue weighted by Crippen LogP contribution is -2.27. The molecule has 0 spiro atoms. The molecule has 0 unspecified atom stereocenters. The predicted molar refractivity (Wildman–Crippen MR) is 130 cm³/mol. The third-order valence-electron chi connectivity index (χ3n) is 5.61. The van der Waals surface area contributed by atoms with E-state index < -0.39 is 10.0 Å². The second-order valence-electron chi connectivity index (χ2n) is 8.19. The molecule has 0 fully saturated rings. The van der Waals surface area contributed by atoms with Crippen molar-refractivity contribution >= 4 is 21.6 Å². The molecule has 0 heterocycles. The molecule has 0 saturated heterocycles. The number of benzene rings is 3. The molecule has 0 aliphatic rings. The monoisotopic (exact) mass is 450 g/mol. The maximum absolute atomic E-state index is 13.1. The summed E-state index contributed by atoms with van der Waals surface area (Å²) in [5.74, 6) is -0.319. The van der Waals surface area contributed by atoms with Gasteiger partial charge >= 0.3 is 0 Å². The Morgan fingerprint density at radius 3 is 2.22 bits per heavy atom. The van der Waals surface area contributed by atoms with Gasteiger partial charge in [-0.25, -0.2) is 8.42 Å². The van der Waals surface area contributed by atoms with E-state index in [0.717, 1.165) is 23.1 Å². The second kappa shape index (κ2) is 9.57. The summed E-state index contributed by atoms with van der Waals surface area (Å²) in [6, 6.07) is 18.2. The van der Waals surface area contributed by atoms with Crippen LogP contribution in [0.1, 0.15) is 58.1 Å². The molecule has 1 atom stereocenters. The van der Waals surface area contributed by atoms with E-state index in [2.05, 4.69) is 17.0 Å². The fourth-order valence-corrected chi connectivity index (χ4v) is 4.88. The average Bonchev–Trinajstić information content (AvgIpc) is 2.76. The SMILES string of the molecule is CCc1ccc([C@@H](C)NC(=O)c2ccc(C)c(S(=O)(=O)Nc3cc(C)ccc3C)c2)cc1. The van der Waals surface area contributed by atoms with E-state index >= 15 is 0 Å². The van der Waals surface area contributed by atoms with Crippen molar-refractivity contribution in [2.24, 2.45) is 0 Å². The van der Waals surface area contributed by atoms with Crippen LogP contribution >= 0.6 is 0 Å². The molecule has 6 heteroatoms. The summed E-state index contributed by atoms with van der Waals surface area (Å²) in [6.07, 6.45) is 0.956. The molecule has 1 amide bonds. The van der Waals surface area contributed by atoms with Gasteiger partial charge < -0.3 is 5.32 Å². The van der Waals surface area contributed by atoms with Crippen LogP contribution in [-0.2, 0) is 16.4 Å². The van der Waals surface area contributed by atoms with E-state index in [1.807, 2.05) is 57.2 Å². The molecule has 0 aliphatic carbocycles. The van der Waals surface area contributed by atoms with E-state index in [-0.39, 0.29) is 16.8 Å². The van der Waals surface area contributed by atoms with Crippen molar-refractivity contribution in [3.05, 3.63) is 94.0 Å². The molecule has 32 heavy (non-hydrogen) atoms. The Morgan fingerprint density at radius 1 is 0.906 bits per heavy atom. The van der Waals surface area contributed by atoms with E-state index in [9.17, 15) is 13.2 Å². The molecular formula is C26H30N2O3S. The fourth-order valence-electron chi connectivity index (χ4n) is 3.48. The Kier molecular flexibility index (Phi) is 7.04. The summed E-state index contributed by atoms with van der Waals surface area (Å²) in [5, 5.41) is 2.96. The highest BCUT2D eigenvalue weighted by Gasteiger charge is 2.21. The number of amides is 1. The van der Waals surface area contributed by atoms with Crippen molar-refractivity contribution in [1.29, 1.82) is 0 Å². The molecule has 168 valence electrons. The van der Waals surface area contributed by atoms with Gasteiger partial charge in [-0.1, -0.05) is 49.4 Å². The molecule has 0 bridgehead atoms. The third-order valence-corrected chi connectivity index (χ3v) is 7.12. The number of sulfonamides is 1. The Balaban J connectivity index is 1.83. The average molecular weight is 451 g/mol. The van der Waals surface area contributed by atoms with Gasteiger partial charge in [-0.05, 0) is 80.1 Å². The summed E-state index contributed by atoms with van der Waals surface area (Å²) in [4.78, 5) is 13.0. The third kappa shape index (κ3) is 5.37. The van der Waals surface area contributed by atoms with Crippen LogP contribution in [0.2, 0.25) is 0 Å². The molecule has 0 aliphatic heterocycles. The minimum absolute atomic E-state index is 0.0889. The number of carbonyl (C=O) groups excluding carboxylic acids is 1. The molecule has 3 aromatic rings. The first kappa shape index (κ1) is 23.5. The van der Waals surface area contributed by atoms with Gasteiger partial charge in [0.25, 0.3) is 15.9 Å². The van der Waals surface area contributed by atoms with Gasteiger partial charge in [-0.3, -0.25) is 9.52 Å². The van der Waals surface area contributed by atoms with E-state index in [0.29, 0.717) is 16.8 Å². The standard InChI is InChI=1S/C26H30N2O3S/c1-6-21-10-13-22(14-11-21)20(5)27-26(29)23-12-9-19(4)25(16-23)32(30,31)28-24-15-17(2)7-8-18(24)3/h7-16,20,28H,6H2,1-5H3,(H,27,29)/t20-/m1/s1. The maximum atomic E-state index is 13.1. The summed E-state index contributed by atoms with van der Waals surface area (Å²) in [6.45, 7) is 9.48. The number of nitrogens with one attached hydrogen (secondary N) is 2. The Hall–Kier alpha value is -3.12. The van der Waals surface area contributed by atoms with Gasteiger partial charge in [0.05, 0.1) is 16.6 Å². The number of carbonyl (C=O) groups is 1.